The third kappa shape index (κ3) is 4.52. The van der Waals surface area contributed by atoms with Crippen molar-refractivity contribution in [2.75, 3.05) is 12.3 Å². The van der Waals surface area contributed by atoms with Gasteiger partial charge in [0, 0.05) is 18.1 Å². The summed E-state index contributed by atoms with van der Waals surface area (Å²) in [5.74, 6) is 1.37. The molecule has 1 N–H and O–H groups in total. The molecule has 1 amide bonds. The fourth-order valence-corrected chi connectivity index (χ4v) is 3.00. The van der Waals surface area contributed by atoms with E-state index in [9.17, 15) is 4.79 Å². The molecule has 112 valence electrons. The summed E-state index contributed by atoms with van der Waals surface area (Å²) >= 11 is 7.65. The van der Waals surface area contributed by atoms with Crippen LogP contribution >= 0.6 is 23.4 Å². The summed E-state index contributed by atoms with van der Waals surface area (Å²) in [4.78, 5) is 12.0. The Labute approximate surface area is 139 Å². The summed E-state index contributed by atoms with van der Waals surface area (Å²) in [6, 6.07) is 16.7. The van der Waals surface area contributed by atoms with Crippen molar-refractivity contribution in [2.24, 2.45) is 0 Å². The zero-order valence-corrected chi connectivity index (χ0v) is 13.5. The molecule has 3 nitrogen and oxygen atoms in total. The Morgan fingerprint density at radius 2 is 1.91 bits per heavy atom. The van der Waals surface area contributed by atoms with Crippen LogP contribution in [0.2, 0.25) is 5.02 Å². The van der Waals surface area contributed by atoms with Crippen LogP contribution in [0.4, 0.5) is 0 Å². The molecular weight excluding hydrogens is 316 g/mol. The molecule has 0 spiro atoms. The van der Waals surface area contributed by atoms with Gasteiger partial charge in [-0.3, -0.25) is 4.79 Å². The highest BCUT2D eigenvalue weighted by Crippen LogP contribution is 2.16. The average molecular weight is 331 g/mol. The molecule has 0 bridgehead atoms. The van der Waals surface area contributed by atoms with E-state index in [1.807, 2.05) is 24.3 Å². The van der Waals surface area contributed by atoms with Crippen LogP contribution in [-0.2, 0) is 5.75 Å². The second kappa shape index (κ2) is 8.47. The van der Waals surface area contributed by atoms with Crippen LogP contribution in [0.5, 0.6) is 0 Å². The van der Waals surface area contributed by atoms with Crippen LogP contribution in [0.3, 0.4) is 0 Å². The lowest BCUT2D eigenvalue weighted by Crippen LogP contribution is -2.26. The smallest absolute Gasteiger partial charge is 0.252 e. The molecule has 0 aliphatic rings. The molecule has 0 aromatic heterocycles. The van der Waals surface area contributed by atoms with Gasteiger partial charge < -0.3 is 5.32 Å². The third-order valence-corrected chi connectivity index (χ3v) is 4.38. The maximum atomic E-state index is 12.0. The Hall–Kier alpha value is -1.96. The van der Waals surface area contributed by atoms with E-state index in [1.165, 1.54) is 0 Å². The van der Waals surface area contributed by atoms with Gasteiger partial charge in [-0.1, -0.05) is 41.9 Å². The first-order chi connectivity index (χ1) is 10.7. The molecule has 0 aliphatic carbocycles. The van der Waals surface area contributed by atoms with Gasteiger partial charge in [0.1, 0.15) is 0 Å². The van der Waals surface area contributed by atoms with Gasteiger partial charge in [0.2, 0.25) is 0 Å². The van der Waals surface area contributed by atoms with Crippen molar-refractivity contribution in [3.8, 4) is 6.07 Å². The van der Waals surface area contributed by atoms with E-state index in [-0.39, 0.29) is 5.91 Å². The van der Waals surface area contributed by atoms with Crippen molar-refractivity contribution in [3.05, 3.63) is 70.2 Å². The predicted octanol–water partition coefficient (Wildman–Crippen LogP) is 3.87. The highest BCUT2D eigenvalue weighted by molar-refractivity contribution is 7.98. The second-order valence-electron chi connectivity index (χ2n) is 4.56. The molecule has 22 heavy (non-hydrogen) atoms. The van der Waals surface area contributed by atoms with E-state index in [0.29, 0.717) is 22.7 Å². The largest absolute Gasteiger partial charge is 0.351 e. The Morgan fingerprint density at radius 3 is 2.68 bits per heavy atom. The van der Waals surface area contributed by atoms with Gasteiger partial charge in [-0.25, -0.2) is 0 Å². The zero-order chi connectivity index (χ0) is 15.8. The van der Waals surface area contributed by atoms with E-state index >= 15 is 0 Å². The minimum Gasteiger partial charge on any atom is -0.351 e. The van der Waals surface area contributed by atoms with Gasteiger partial charge in [0.25, 0.3) is 5.91 Å². The highest BCUT2D eigenvalue weighted by Gasteiger charge is 2.08. The summed E-state index contributed by atoms with van der Waals surface area (Å²) in [6.07, 6.45) is 0. The summed E-state index contributed by atoms with van der Waals surface area (Å²) < 4.78 is 0. The normalized spacial score (nSPS) is 10.0. The number of halogens is 1. The number of nitrogens with zero attached hydrogens (tertiary/aromatic N) is 1. The van der Waals surface area contributed by atoms with E-state index < -0.39 is 0 Å². The number of carbonyl (C=O) groups excluding carboxylic acids is 1. The molecule has 2 rings (SSSR count). The zero-order valence-electron chi connectivity index (χ0n) is 11.9. The number of hydrogen-bond donors (Lipinski definition) is 1. The van der Waals surface area contributed by atoms with Gasteiger partial charge in [0.15, 0.2) is 0 Å². The van der Waals surface area contributed by atoms with Crippen molar-refractivity contribution in [2.45, 2.75) is 5.75 Å². The first-order valence-corrected chi connectivity index (χ1v) is 8.34. The minimum atomic E-state index is -0.163. The van der Waals surface area contributed by atoms with E-state index in [2.05, 4.69) is 11.4 Å². The summed E-state index contributed by atoms with van der Waals surface area (Å²) in [5.41, 5.74) is 2.21. The number of rotatable bonds is 6. The van der Waals surface area contributed by atoms with E-state index in [4.69, 9.17) is 16.9 Å². The standard InChI is InChI=1S/C17H15ClN2OS/c18-16-8-4-3-7-15(16)17(21)20-9-10-22-12-14-6-2-1-5-13(14)11-19/h1-8H,9-10,12H2,(H,20,21). The number of hydrogen-bond acceptors (Lipinski definition) is 3. The minimum absolute atomic E-state index is 0.163. The predicted molar refractivity (Wildman–Crippen MR) is 91.1 cm³/mol. The molecule has 0 heterocycles. The Morgan fingerprint density at radius 1 is 1.18 bits per heavy atom. The quantitative estimate of drug-likeness (QED) is 0.818. The maximum absolute atomic E-state index is 12.0. The van der Waals surface area contributed by atoms with Gasteiger partial charge in [0.05, 0.1) is 22.2 Å². The van der Waals surface area contributed by atoms with Crippen molar-refractivity contribution in [1.29, 1.82) is 5.26 Å². The molecule has 0 unspecified atom stereocenters. The number of nitrogens with one attached hydrogen (secondary N) is 1. The molecule has 0 fully saturated rings. The number of amides is 1. The number of benzene rings is 2. The van der Waals surface area contributed by atoms with Crippen LogP contribution in [0.15, 0.2) is 48.5 Å². The van der Waals surface area contributed by atoms with Crippen molar-refractivity contribution in [3.63, 3.8) is 0 Å². The second-order valence-corrected chi connectivity index (χ2v) is 6.07. The number of nitriles is 1. The molecule has 2 aromatic carbocycles. The maximum Gasteiger partial charge on any atom is 0.252 e. The highest BCUT2D eigenvalue weighted by atomic mass is 35.5. The van der Waals surface area contributed by atoms with Crippen LogP contribution < -0.4 is 5.32 Å². The molecule has 0 atom stereocenters. The van der Waals surface area contributed by atoms with Gasteiger partial charge in [-0.2, -0.15) is 17.0 Å². The summed E-state index contributed by atoms with van der Waals surface area (Å²) in [7, 11) is 0. The third-order valence-electron chi connectivity index (χ3n) is 3.05. The lowest BCUT2D eigenvalue weighted by Gasteiger charge is -2.07. The Kier molecular flexibility index (Phi) is 6.32. The topological polar surface area (TPSA) is 52.9 Å². The SMILES string of the molecule is N#Cc1ccccc1CSCCNC(=O)c1ccccc1Cl. The van der Waals surface area contributed by atoms with Crippen molar-refractivity contribution < 1.29 is 4.79 Å². The van der Waals surface area contributed by atoms with Crippen LogP contribution in [0.1, 0.15) is 21.5 Å². The van der Waals surface area contributed by atoms with Gasteiger partial charge in [-0.05, 0) is 23.8 Å². The Bertz CT molecular complexity index is 697. The van der Waals surface area contributed by atoms with Crippen LogP contribution in [0.25, 0.3) is 0 Å². The van der Waals surface area contributed by atoms with Crippen molar-refractivity contribution in [1.82, 2.24) is 5.32 Å². The fraction of sp³-hybridized carbons (Fsp3) is 0.176. The summed E-state index contributed by atoms with van der Waals surface area (Å²) in [6.45, 7) is 0.559. The van der Waals surface area contributed by atoms with Gasteiger partial charge in [-0.15, -0.1) is 0 Å². The lowest BCUT2D eigenvalue weighted by molar-refractivity contribution is 0.0956. The Balaban J connectivity index is 1.75. The molecule has 0 saturated heterocycles. The summed E-state index contributed by atoms with van der Waals surface area (Å²) in [5, 5.41) is 12.3. The van der Waals surface area contributed by atoms with E-state index in [0.717, 1.165) is 17.1 Å². The van der Waals surface area contributed by atoms with Crippen LogP contribution in [0, 0.1) is 11.3 Å². The lowest BCUT2D eigenvalue weighted by atomic mass is 10.1. The molecule has 0 saturated carbocycles. The van der Waals surface area contributed by atoms with Gasteiger partial charge >= 0.3 is 0 Å². The first kappa shape index (κ1) is 16.4. The van der Waals surface area contributed by atoms with Crippen LogP contribution in [-0.4, -0.2) is 18.2 Å². The molecule has 0 radical (unpaired) electrons. The number of thioether (sulfide) groups is 1. The average Bonchev–Trinajstić information content (AvgIpc) is 2.55. The molecular formula is C17H15ClN2OS. The van der Waals surface area contributed by atoms with E-state index in [1.54, 1.807) is 36.0 Å². The van der Waals surface area contributed by atoms with Crippen molar-refractivity contribution >= 4 is 29.3 Å². The molecule has 5 heteroatoms. The molecule has 2 aromatic rings. The molecule has 0 aliphatic heterocycles. The first-order valence-electron chi connectivity index (χ1n) is 6.81. The number of carbonyl (C=O) groups is 1. The fourth-order valence-electron chi connectivity index (χ4n) is 1.91. The monoisotopic (exact) mass is 330 g/mol.